The van der Waals surface area contributed by atoms with Gasteiger partial charge in [0.15, 0.2) is 5.58 Å². The zero-order chi connectivity index (χ0) is 11.9. The molecule has 1 heterocycles. The van der Waals surface area contributed by atoms with Crippen molar-refractivity contribution in [3.05, 3.63) is 29.9 Å². The second-order valence-electron chi connectivity index (χ2n) is 5.01. The maximum Gasteiger partial charge on any atom is 0.212 e. The summed E-state index contributed by atoms with van der Waals surface area (Å²) in [5.41, 5.74) is 6.96. The van der Waals surface area contributed by atoms with Gasteiger partial charge in [0, 0.05) is 6.07 Å². The smallest absolute Gasteiger partial charge is 0.212 e. The van der Waals surface area contributed by atoms with Crippen molar-refractivity contribution in [2.75, 3.05) is 0 Å². The Morgan fingerprint density at radius 1 is 1.38 bits per heavy atom. The first-order chi connectivity index (χ1) is 7.38. The van der Waals surface area contributed by atoms with E-state index in [1.54, 1.807) is 6.07 Å². The molecule has 1 atom stereocenters. The Hall–Kier alpha value is -1.42. The summed E-state index contributed by atoms with van der Waals surface area (Å²) in [7, 11) is 0. The fourth-order valence-corrected chi connectivity index (χ4v) is 1.42. The standard InChI is InChI=1S/C12H15FN2O/c1-12(2,3)10(14)11-15-8-6-7(13)4-5-9(8)16-11/h4-6,10H,14H2,1-3H3. The van der Waals surface area contributed by atoms with Crippen LogP contribution in [0.3, 0.4) is 0 Å². The van der Waals surface area contributed by atoms with Gasteiger partial charge in [0.1, 0.15) is 11.3 Å². The van der Waals surface area contributed by atoms with Crippen LogP contribution < -0.4 is 5.73 Å². The van der Waals surface area contributed by atoms with Gasteiger partial charge >= 0.3 is 0 Å². The summed E-state index contributed by atoms with van der Waals surface area (Å²) in [5, 5.41) is 0. The second kappa shape index (κ2) is 3.56. The van der Waals surface area contributed by atoms with Crippen LogP contribution in [0.4, 0.5) is 4.39 Å². The number of rotatable bonds is 1. The number of aromatic nitrogens is 1. The molecule has 3 nitrogen and oxygen atoms in total. The molecule has 0 amide bonds. The van der Waals surface area contributed by atoms with Gasteiger partial charge in [-0.2, -0.15) is 0 Å². The number of halogens is 1. The lowest BCUT2D eigenvalue weighted by Crippen LogP contribution is -2.26. The van der Waals surface area contributed by atoms with E-state index in [0.29, 0.717) is 17.0 Å². The van der Waals surface area contributed by atoms with Crippen molar-refractivity contribution in [2.45, 2.75) is 26.8 Å². The quantitative estimate of drug-likeness (QED) is 0.806. The Balaban J connectivity index is 2.47. The Bertz CT molecular complexity index is 513. The summed E-state index contributed by atoms with van der Waals surface area (Å²) in [5.74, 6) is 0.129. The van der Waals surface area contributed by atoms with E-state index in [1.165, 1.54) is 12.1 Å². The van der Waals surface area contributed by atoms with Gasteiger partial charge in [-0.3, -0.25) is 0 Å². The molecule has 0 aliphatic heterocycles. The van der Waals surface area contributed by atoms with E-state index in [9.17, 15) is 4.39 Å². The molecular weight excluding hydrogens is 207 g/mol. The van der Waals surface area contributed by atoms with E-state index in [-0.39, 0.29) is 17.3 Å². The zero-order valence-electron chi connectivity index (χ0n) is 9.62. The minimum absolute atomic E-state index is 0.139. The highest BCUT2D eigenvalue weighted by atomic mass is 19.1. The molecule has 2 rings (SSSR count). The maximum absolute atomic E-state index is 13.0. The van der Waals surface area contributed by atoms with Crippen LogP contribution in [0.15, 0.2) is 22.6 Å². The normalized spacial score (nSPS) is 14.3. The Morgan fingerprint density at radius 3 is 2.69 bits per heavy atom. The van der Waals surface area contributed by atoms with Gasteiger partial charge in [-0.25, -0.2) is 9.37 Å². The summed E-state index contributed by atoms with van der Waals surface area (Å²) in [6, 6.07) is 3.96. The average molecular weight is 222 g/mol. The van der Waals surface area contributed by atoms with E-state index in [4.69, 9.17) is 10.2 Å². The number of hydrogen-bond acceptors (Lipinski definition) is 3. The summed E-state index contributed by atoms with van der Waals surface area (Å²) < 4.78 is 18.5. The van der Waals surface area contributed by atoms with Crippen LogP contribution in [0.5, 0.6) is 0 Å². The maximum atomic E-state index is 13.0. The average Bonchev–Trinajstić information content (AvgIpc) is 2.57. The SMILES string of the molecule is CC(C)(C)C(N)c1nc2cc(F)ccc2o1. The molecule has 1 aromatic carbocycles. The van der Waals surface area contributed by atoms with E-state index in [0.717, 1.165) is 0 Å². The summed E-state index contributed by atoms with van der Waals surface area (Å²) in [4.78, 5) is 4.21. The zero-order valence-corrected chi connectivity index (χ0v) is 9.62. The molecular formula is C12H15FN2O. The Labute approximate surface area is 93.5 Å². The largest absolute Gasteiger partial charge is 0.439 e. The van der Waals surface area contributed by atoms with Gasteiger partial charge in [0.25, 0.3) is 0 Å². The number of hydrogen-bond donors (Lipinski definition) is 1. The Morgan fingerprint density at radius 2 is 2.06 bits per heavy atom. The van der Waals surface area contributed by atoms with E-state index in [2.05, 4.69) is 4.98 Å². The molecule has 2 N–H and O–H groups in total. The van der Waals surface area contributed by atoms with Crippen molar-refractivity contribution in [2.24, 2.45) is 11.1 Å². The molecule has 0 bridgehead atoms. The first-order valence-electron chi connectivity index (χ1n) is 5.19. The van der Waals surface area contributed by atoms with E-state index < -0.39 is 0 Å². The van der Waals surface area contributed by atoms with Crippen LogP contribution in [0.2, 0.25) is 0 Å². The predicted octanol–water partition coefficient (Wildman–Crippen LogP) is 3.01. The molecule has 1 unspecified atom stereocenters. The monoisotopic (exact) mass is 222 g/mol. The molecule has 86 valence electrons. The predicted molar refractivity (Wildman–Crippen MR) is 60.4 cm³/mol. The molecule has 0 fully saturated rings. The molecule has 1 aromatic heterocycles. The number of benzene rings is 1. The second-order valence-corrected chi connectivity index (χ2v) is 5.01. The van der Waals surface area contributed by atoms with Gasteiger partial charge in [-0.1, -0.05) is 20.8 Å². The highest BCUT2D eigenvalue weighted by Gasteiger charge is 2.26. The van der Waals surface area contributed by atoms with Gasteiger partial charge in [-0.15, -0.1) is 0 Å². The molecule has 0 spiro atoms. The lowest BCUT2D eigenvalue weighted by molar-refractivity contribution is 0.282. The third kappa shape index (κ3) is 1.93. The van der Waals surface area contributed by atoms with Gasteiger partial charge < -0.3 is 10.2 Å². The lowest BCUT2D eigenvalue weighted by atomic mass is 9.87. The number of fused-ring (bicyclic) bond motifs is 1. The summed E-state index contributed by atoms with van der Waals surface area (Å²) in [6.45, 7) is 6.02. The van der Waals surface area contributed by atoms with Crippen LogP contribution in [-0.4, -0.2) is 4.98 Å². The van der Waals surface area contributed by atoms with Crippen molar-refractivity contribution < 1.29 is 8.81 Å². The molecule has 0 aliphatic carbocycles. The minimum Gasteiger partial charge on any atom is -0.439 e. The molecule has 0 saturated heterocycles. The van der Waals surface area contributed by atoms with E-state index in [1.807, 2.05) is 20.8 Å². The van der Waals surface area contributed by atoms with E-state index >= 15 is 0 Å². The van der Waals surface area contributed by atoms with Crippen LogP contribution in [0.1, 0.15) is 32.7 Å². The number of nitrogens with two attached hydrogens (primary N) is 1. The third-order valence-electron chi connectivity index (χ3n) is 2.57. The fourth-order valence-electron chi connectivity index (χ4n) is 1.42. The van der Waals surface area contributed by atoms with Gasteiger partial charge in [-0.05, 0) is 17.5 Å². The fraction of sp³-hybridized carbons (Fsp3) is 0.417. The first kappa shape index (κ1) is 11.1. The topological polar surface area (TPSA) is 52.0 Å². The molecule has 4 heteroatoms. The molecule has 0 aliphatic rings. The van der Waals surface area contributed by atoms with Gasteiger partial charge in [0.05, 0.1) is 6.04 Å². The summed E-state index contributed by atoms with van der Waals surface area (Å²) >= 11 is 0. The van der Waals surface area contributed by atoms with Crippen molar-refractivity contribution >= 4 is 11.1 Å². The van der Waals surface area contributed by atoms with Crippen molar-refractivity contribution in [3.63, 3.8) is 0 Å². The van der Waals surface area contributed by atoms with Crippen LogP contribution in [-0.2, 0) is 0 Å². The van der Waals surface area contributed by atoms with Gasteiger partial charge in [0.2, 0.25) is 5.89 Å². The van der Waals surface area contributed by atoms with Crippen LogP contribution in [0.25, 0.3) is 11.1 Å². The van der Waals surface area contributed by atoms with Crippen molar-refractivity contribution in [1.29, 1.82) is 0 Å². The first-order valence-corrected chi connectivity index (χ1v) is 5.19. The minimum atomic E-state index is -0.323. The third-order valence-corrected chi connectivity index (χ3v) is 2.57. The summed E-state index contributed by atoms with van der Waals surface area (Å²) in [6.07, 6.45) is 0. The van der Waals surface area contributed by atoms with Crippen LogP contribution in [0, 0.1) is 11.2 Å². The Kier molecular flexibility index (Phi) is 2.46. The lowest BCUT2D eigenvalue weighted by Gasteiger charge is -2.23. The van der Waals surface area contributed by atoms with Crippen LogP contribution >= 0.6 is 0 Å². The van der Waals surface area contributed by atoms with Crippen molar-refractivity contribution in [3.8, 4) is 0 Å². The number of oxazole rings is 1. The highest BCUT2D eigenvalue weighted by molar-refractivity contribution is 5.72. The van der Waals surface area contributed by atoms with Crippen molar-refractivity contribution in [1.82, 2.24) is 4.98 Å². The number of nitrogens with zero attached hydrogens (tertiary/aromatic N) is 1. The molecule has 0 saturated carbocycles. The molecule has 0 radical (unpaired) electrons. The highest BCUT2D eigenvalue weighted by Crippen LogP contribution is 2.31. The molecule has 2 aromatic rings. The molecule has 16 heavy (non-hydrogen) atoms.